The van der Waals surface area contributed by atoms with E-state index in [-0.39, 0.29) is 34.0 Å². The van der Waals surface area contributed by atoms with Crippen LogP contribution in [0.2, 0.25) is 0 Å². The summed E-state index contributed by atoms with van der Waals surface area (Å²) in [5.41, 5.74) is 3.00. The van der Waals surface area contributed by atoms with E-state index >= 15 is 0 Å². The van der Waals surface area contributed by atoms with Gasteiger partial charge in [-0.25, -0.2) is 0 Å². The number of halogens is 2. The zero-order valence-electron chi connectivity index (χ0n) is 9.50. The van der Waals surface area contributed by atoms with Gasteiger partial charge in [0.2, 0.25) is 0 Å². The summed E-state index contributed by atoms with van der Waals surface area (Å²) in [5, 5.41) is 0. The van der Waals surface area contributed by atoms with Crippen molar-refractivity contribution in [3.63, 3.8) is 0 Å². The maximum absolute atomic E-state index is 2.38. The third-order valence-corrected chi connectivity index (χ3v) is 3.98. The quantitative estimate of drug-likeness (QED) is 0.505. The molecular formula is C13H15Br2Zr. The summed E-state index contributed by atoms with van der Waals surface area (Å²) < 4.78 is 1.62. The van der Waals surface area contributed by atoms with E-state index in [0.29, 0.717) is 5.92 Å². The zero-order valence-corrected chi connectivity index (χ0v) is 15.1. The Hall–Kier alpha value is 0.803. The summed E-state index contributed by atoms with van der Waals surface area (Å²) in [6.07, 6.45) is 3.68. The molecule has 0 aliphatic heterocycles. The fourth-order valence-electron chi connectivity index (χ4n) is 2.12. The van der Waals surface area contributed by atoms with E-state index in [9.17, 15) is 0 Å². The Morgan fingerprint density at radius 1 is 1.19 bits per heavy atom. The molecule has 1 aliphatic rings. The molecule has 1 aliphatic carbocycles. The van der Waals surface area contributed by atoms with Crippen molar-refractivity contribution in [2.45, 2.75) is 26.2 Å². The van der Waals surface area contributed by atoms with Crippen molar-refractivity contribution < 1.29 is 58.7 Å². The number of allylic oxidation sites excluding steroid dienone is 1. The van der Waals surface area contributed by atoms with Crippen molar-refractivity contribution in [2.75, 3.05) is 0 Å². The molecule has 2 rings (SSSR count). The van der Waals surface area contributed by atoms with Crippen molar-refractivity contribution >= 4 is 6.08 Å². The van der Waals surface area contributed by atoms with Crippen LogP contribution in [0.25, 0.3) is 6.08 Å². The fraction of sp³-hybridized carbons (Fsp3) is 0.385. The van der Waals surface area contributed by atoms with Gasteiger partial charge in [-0.3, -0.25) is 0 Å². The van der Waals surface area contributed by atoms with Gasteiger partial charge in [-0.2, -0.15) is 0 Å². The van der Waals surface area contributed by atoms with Gasteiger partial charge < -0.3 is 34.0 Å². The van der Waals surface area contributed by atoms with Gasteiger partial charge in [0.15, 0.2) is 0 Å². The molecule has 1 aromatic carbocycles. The Kier molecular flexibility index (Phi) is 7.65. The molecule has 85 valence electrons. The van der Waals surface area contributed by atoms with Crippen LogP contribution >= 0.6 is 0 Å². The Balaban J connectivity index is 0.00000112. The maximum atomic E-state index is 2.38. The predicted octanol–water partition coefficient (Wildman–Crippen LogP) is -2.27. The van der Waals surface area contributed by atoms with E-state index in [1.807, 2.05) is 0 Å². The van der Waals surface area contributed by atoms with E-state index in [4.69, 9.17) is 0 Å². The topological polar surface area (TPSA) is 0 Å². The van der Waals surface area contributed by atoms with Crippen LogP contribution in [0.1, 0.15) is 37.3 Å². The molecule has 1 unspecified atom stereocenters. The standard InChI is InChI=1S/C13H15.2BrH.Zr/c1-10(2)9-12-8-7-11-5-3-4-6-13(11)12;;;/h3-7,10,12H,9H2,1-2H3;2*1H;/q;;;+2/p-2. The van der Waals surface area contributed by atoms with Gasteiger partial charge in [-0.15, -0.1) is 0 Å². The van der Waals surface area contributed by atoms with Crippen LogP contribution in [0.15, 0.2) is 27.5 Å². The number of benzene rings is 1. The maximum Gasteiger partial charge on any atom is -1.00 e. The second-order valence-electron chi connectivity index (χ2n) is 4.41. The molecule has 0 N–H and O–H groups in total. The van der Waals surface area contributed by atoms with E-state index in [1.165, 1.54) is 12.0 Å². The van der Waals surface area contributed by atoms with Gasteiger partial charge in [0.25, 0.3) is 0 Å². The van der Waals surface area contributed by atoms with Crippen molar-refractivity contribution in [3.05, 3.63) is 38.7 Å². The van der Waals surface area contributed by atoms with Gasteiger partial charge in [0.05, 0.1) is 0 Å². The molecule has 0 amide bonds. The molecule has 0 nitrogen and oxygen atoms in total. The smallest absolute Gasteiger partial charge is 1.00 e. The van der Waals surface area contributed by atoms with Gasteiger partial charge in [-0.05, 0) is 0 Å². The molecule has 0 spiro atoms. The molecule has 0 radical (unpaired) electrons. The first kappa shape index (κ1) is 16.8. The minimum Gasteiger partial charge on any atom is -1.00 e. The molecule has 0 fully saturated rings. The molecular weight excluding hydrogens is 407 g/mol. The SMILES string of the molecule is CC(C)CC1[C]([Zr+2])=Cc2ccccc21.[Br-].[Br-]. The third-order valence-electron chi connectivity index (χ3n) is 2.76. The number of hydrogen-bond donors (Lipinski definition) is 0. The number of hydrogen-bond acceptors (Lipinski definition) is 0. The Morgan fingerprint density at radius 2 is 1.81 bits per heavy atom. The first-order valence-corrected chi connectivity index (χ1v) is 6.43. The van der Waals surface area contributed by atoms with Crippen molar-refractivity contribution in [1.82, 2.24) is 0 Å². The van der Waals surface area contributed by atoms with Crippen LogP contribution < -0.4 is 34.0 Å². The molecule has 0 saturated carbocycles. The van der Waals surface area contributed by atoms with Crippen LogP contribution in [0.4, 0.5) is 0 Å². The van der Waals surface area contributed by atoms with E-state index < -0.39 is 0 Å². The monoisotopic (exact) mass is 419 g/mol. The fourth-order valence-corrected chi connectivity index (χ4v) is 3.17. The van der Waals surface area contributed by atoms with E-state index in [1.54, 1.807) is 33.6 Å². The molecule has 3 heteroatoms. The first-order chi connectivity index (χ1) is 6.68. The second kappa shape index (κ2) is 7.28. The zero-order chi connectivity index (χ0) is 10.1. The minimum absolute atomic E-state index is 0. The Labute approximate surface area is 134 Å². The summed E-state index contributed by atoms with van der Waals surface area (Å²) in [6.45, 7) is 4.62. The largest absolute Gasteiger partial charge is 1.00 e. The third kappa shape index (κ3) is 3.65. The average molecular weight is 422 g/mol. The Morgan fingerprint density at radius 3 is 2.44 bits per heavy atom. The van der Waals surface area contributed by atoms with Gasteiger partial charge in [0.1, 0.15) is 0 Å². The minimum atomic E-state index is 0. The van der Waals surface area contributed by atoms with Crippen LogP contribution in [0.3, 0.4) is 0 Å². The van der Waals surface area contributed by atoms with Crippen molar-refractivity contribution in [1.29, 1.82) is 0 Å². The normalized spacial score (nSPS) is 17.3. The Bertz CT molecular complexity index is 372. The van der Waals surface area contributed by atoms with Crippen LogP contribution in [-0.4, -0.2) is 0 Å². The molecule has 1 atom stereocenters. The molecule has 16 heavy (non-hydrogen) atoms. The molecule has 0 bridgehead atoms. The van der Waals surface area contributed by atoms with Gasteiger partial charge in [0, 0.05) is 0 Å². The van der Waals surface area contributed by atoms with Gasteiger partial charge in [-0.1, -0.05) is 0 Å². The van der Waals surface area contributed by atoms with Crippen LogP contribution in [0, 0.1) is 5.92 Å². The van der Waals surface area contributed by atoms with Crippen LogP contribution in [0.5, 0.6) is 0 Å². The summed E-state index contributed by atoms with van der Waals surface area (Å²) in [7, 11) is 0. The molecule has 0 aromatic heterocycles. The average Bonchev–Trinajstić information content (AvgIpc) is 2.43. The summed E-state index contributed by atoms with van der Waals surface area (Å²) >= 11 is 1.58. The first-order valence-electron chi connectivity index (χ1n) is 5.20. The number of fused-ring (bicyclic) bond motifs is 1. The summed E-state index contributed by atoms with van der Waals surface area (Å²) in [6, 6.07) is 8.82. The molecule has 0 heterocycles. The van der Waals surface area contributed by atoms with E-state index in [2.05, 4.69) is 44.2 Å². The van der Waals surface area contributed by atoms with Crippen molar-refractivity contribution in [2.24, 2.45) is 5.92 Å². The molecule has 0 saturated heterocycles. The predicted molar refractivity (Wildman–Crippen MR) is 56.6 cm³/mol. The van der Waals surface area contributed by atoms with Crippen molar-refractivity contribution in [3.8, 4) is 0 Å². The summed E-state index contributed by atoms with van der Waals surface area (Å²) in [4.78, 5) is 0. The summed E-state index contributed by atoms with van der Waals surface area (Å²) in [5.74, 6) is 1.50. The number of rotatable bonds is 2. The van der Waals surface area contributed by atoms with E-state index in [0.717, 1.165) is 5.92 Å². The van der Waals surface area contributed by atoms with Crippen LogP contribution in [-0.2, 0) is 24.7 Å². The molecule has 1 aromatic rings. The van der Waals surface area contributed by atoms with Gasteiger partial charge >= 0.3 is 102 Å². The second-order valence-corrected chi connectivity index (χ2v) is 5.83.